The molecule has 0 spiro atoms. The summed E-state index contributed by atoms with van der Waals surface area (Å²) in [6.07, 6.45) is 0. The Labute approximate surface area is 122 Å². The molecule has 3 nitrogen and oxygen atoms in total. The van der Waals surface area contributed by atoms with Crippen LogP contribution in [-0.4, -0.2) is 22.6 Å². The summed E-state index contributed by atoms with van der Waals surface area (Å²) < 4.78 is 0. The molecule has 108 valence electrons. The van der Waals surface area contributed by atoms with Crippen molar-refractivity contribution in [2.45, 2.75) is 60.4 Å². The van der Waals surface area contributed by atoms with Crippen molar-refractivity contribution in [1.29, 1.82) is 0 Å². The number of hydrogen-bond donors (Lipinski definition) is 0. The first-order valence-corrected chi connectivity index (χ1v) is 7.42. The number of nitrogens with zero attached hydrogens (tertiary/aromatic N) is 3. The molecule has 0 saturated heterocycles. The highest BCUT2D eigenvalue weighted by atomic mass is 35.5. The molecule has 1 aromatic rings. The second-order valence-electron chi connectivity index (χ2n) is 6.12. The van der Waals surface area contributed by atoms with Crippen molar-refractivity contribution in [2.75, 3.05) is 11.4 Å². The van der Waals surface area contributed by atoms with E-state index < -0.39 is 0 Å². The Morgan fingerprint density at radius 1 is 1.05 bits per heavy atom. The van der Waals surface area contributed by atoms with Gasteiger partial charge in [0.1, 0.15) is 16.8 Å². The second-order valence-corrected chi connectivity index (χ2v) is 6.47. The Balaban J connectivity index is 3.28. The van der Waals surface area contributed by atoms with Crippen molar-refractivity contribution in [3.8, 4) is 0 Å². The summed E-state index contributed by atoms with van der Waals surface area (Å²) in [6, 6.07) is 0.395. The van der Waals surface area contributed by atoms with Gasteiger partial charge in [0.15, 0.2) is 0 Å². The van der Waals surface area contributed by atoms with Gasteiger partial charge in [0.05, 0.1) is 0 Å². The molecule has 1 rings (SSSR count). The lowest BCUT2D eigenvalue weighted by Crippen LogP contribution is -2.35. The number of aromatic nitrogens is 2. The van der Waals surface area contributed by atoms with E-state index in [9.17, 15) is 0 Å². The van der Waals surface area contributed by atoms with Crippen LogP contribution in [0.1, 0.15) is 58.8 Å². The zero-order chi connectivity index (χ0) is 14.7. The van der Waals surface area contributed by atoms with E-state index in [1.807, 2.05) is 6.92 Å². The van der Waals surface area contributed by atoms with E-state index in [-0.39, 0.29) is 5.92 Å². The molecule has 0 aromatic carbocycles. The third-order valence-electron chi connectivity index (χ3n) is 3.05. The van der Waals surface area contributed by atoms with Gasteiger partial charge in [-0.1, -0.05) is 39.3 Å². The fourth-order valence-electron chi connectivity index (χ4n) is 1.97. The van der Waals surface area contributed by atoms with Crippen molar-refractivity contribution < 1.29 is 0 Å². The fraction of sp³-hybridized carbons (Fsp3) is 0.733. The molecule has 0 radical (unpaired) electrons. The molecular formula is C15H26ClN3. The molecule has 0 saturated carbocycles. The topological polar surface area (TPSA) is 29.0 Å². The maximum Gasteiger partial charge on any atom is 0.137 e. The minimum absolute atomic E-state index is 0.282. The quantitative estimate of drug-likeness (QED) is 0.749. The Morgan fingerprint density at radius 2 is 1.63 bits per heavy atom. The van der Waals surface area contributed by atoms with Crippen molar-refractivity contribution in [3.63, 3.8) is 0 Å². The highest BCUT2D eigenvalue weighted by Gasteiger charge is 2.20. The van der Waals surface area contributed by atoms with Gasteiger partial charge >= 0.3 is 0 Å². The standard InChI is InChI=1S/C15H26ClN3/c1-9(2)8-19(11(5)6)15-12(7)13(16)17-14(18-15)10(3)4/h9-11H,8H2,1-7H3. The molecule has 0 aliphatic heterocycles. The van der Waals surface area contributed by atoms with Crippen LogP contribution in [-0.2, 0) is 0 Å². The summed E-state index contributed by atoms with van der Waals surface area (Å²) in [7, 11) is 0. The zero-order valence-corrected chi connectivity index (χ0v) is 13.9. The van der Waals surface area contributed by atoms with E-state index in [2.05, 4.69) is 51.4 Å². The Hall–Kier alpha value is -0.830. The average molecular weight is 284 g/mol. The molecule has 0 aliphatic rings. The lowest BCUT2D eigenvalue weighted by Gasteiger charge is -2.31. The van der Waals surface area contributed by atoms with Gasteiger partial charge in [-0.15, -0.1) is 0 Å². The molecule has 1 aromatic heterocycles. The van der Waals surface area contributed by atoms with E-state index >= 15 is 0 Å². The van der Waals surface area contributed by atoms with Gasteiger partial charge in [-0.2, -0.15) is 0 Å². The lowest BCUT2D eigenvalue weighted by atomic mass is 10.1. The highest BCUT2D eigenvalue weighted by Crippen LogP contribution is 2.27. The predicted octanol–water partition coefficient (Wildman–Crippen LogP) is 4.43. The average Bonchev–Trinajstić information content (AvgIpc) is 2.29. The minimum Gasteiger partial charge on any atom is -0.354 e. The Kier molecular flexibility index (Phi) is 5.60. The van der Waals surface area contributed by atoms with E-state index in [1.54, 1.807) is 0 Å². The van der Waals surface area contributed by atoms with Gasteiger partial charge in [0.25, 0.3) is 0 Å². The third-order valence-corrected chi connectivity index (χ3v) is 3.42. The summed E-state index contributed by atoms with van der Waals surface area (Å²) in [4.78, 5) is 11.4. The maximum absolute atomic E-state index is 6.27. The van der Waals surface area contributed by atoms with Crippen LogP contribution in [0.2, 0.25) is 5.15 Å². The van der Waals surface area contributed by atoms with Gasteiger partial charge < -0.3 is 4.90 Å². The van der Waals surface area contributed by atoms with Crippen LogP contribution in [0.3, 0.4) is 0 Å². The highest BCUT2D eigenvalue weighted by molar-refractivity contribution is 6.30. The number of anilines is 1. The summed E-state index contributed by atoms with van der Waals surface area (Å²) in [5, 5.41) is 0.572. The molecular weight excluding hydrogens is 258 g/mol. The smallest absolute Gasteiger partial charge is 0.137 e. The molecule has 0 aliphatic carbocycles. The Morgan fingerprint density at radius 3 is 2.05 bits per heavy atom. The summed E-state index contributed by atoms with van der Waals surface area (Å²) >= 11 is 6.27. The van der Waals surface area contributed by atoms with Crippen molar-refractivity contribution >= 4 is 17.4 Å². The SMILES string of the molecule is Cc1c(Cl)nc(C(C)C)nc1N(CC(C)C)C(C)C. The minimum atomic E-state index is 0.282. The summed E-state index contributed by atoms with van der Waals surface area (Å²) in [6.45, 7) is 16.0. The van der Waals surface area contributed by atoms with Crippen molar-refractivity contribution in [1.82, 2.24) is 9.97 Å². The van der Waals surface area contributed by atoms with Crippen LogP contribution < -0.4 is 4.90 Å². The molecule has 0 amide bonds. The summed E-state index contributed by atoms with van der Waals surface area (Å²) in [5.74, 6) is 2.66. The van der Waals surface area contributed by atoms with Gasteiger partial charge in [-0.3, -0.25) is 0 Å². The molecule has 0 unspecified atom stereocenters. The molecule has 1 heterocycles. The van der Waals surface area contributed by atoms with Gasteiger partial charge in [-0.05, 0) is 26.7 Å². The molecule has 0 atom stereocenters. The van der Waals surface area contributed by atoms with E-state index in [4.69, 9.17) is 16.6 Å². The molecule has 0 bridgehead atoms. The largest absolute Gasteiger partial charge is 0.354 e. The van der Waals surface area contributed by atoms with E-state index in [0.717, 1.165) is 23.8 Å². The van der Waals surface area contributed by atoms with Crippen LogP contribution in [0.15, 0.2) is 0 Å². The van der Waals surface area contributed by atoms with Crippen LogP contribution in [0.4, 0.5) is 5.82 Å². The second kappa shape index (κ2) is 6.56. The molecule has 0 fully saturated rings. The summed E-state index contributed by atoms with van der Waals surface area (Å²) in [5.41, 5.74) is 0.973. The van der Waals surface area contributed by atoms with Gasteiger partial charge in [0, 0.05) is 24.1 Å². The van der Waals surface area contributed by atoms with E-state index in [1.165, 1.54) is 0 Å². The van der Waals surface area contributed by atoms with Crippen LogP contribution >= 0.6 is 11.6 Å². The van der Waals surface area contributed by atoms with Gasteiger partial charge in [0.2, 0.25) is 0 Å². The van der Waals surface area contributed by atoms with Crippen molar-refractivity contribution in [2.24, 2.45) is 5.92 Å². The van der Waals surface area contributed by atoms with Crippen LogP contribution in [0.5, 0.6) is 0 Å². The van der Waals surface area contributed by atoms with Crippen LogP contribution in [0, 0.1) is 12.8 Å². The number of halogens is 1. The number of rotatable bonds is 5. The first-order valence-electron chi connectivity index (χ1n) is 7.04. The molecule has 0 N–H and O–H groups in total. The van der Waals surface area contributed by atoms with Crippen molar-refractivity contribution in [3.05, 3.63) is 16.5 Å². The monoisotopic (exact) mass is 283 g/mol. The zero-order valence-electron chi connectivity index (χ0n) is 13.2. The first-order chi connectivity index (χ1) is 8.73. The normalized spacial score (nSPS) is 11.7. The first kappa shape index (κ1) is 16.2. The third kappa shape index (κ3) is 4.07. The van der Waals surface area contributed by atoms with E-state index in [0.29, 0.717) is 17.1 Å². The molecule has 19 heavy (non-hydrogen) atoms. The molecule has 4 heteroatoms. The van der Waals surface area contributed by atoms with Gasteiger partial charge in [-0.25, -0.2) is 9.97 Å². The Bertz CT molecular complexity index is 428. The number of hydrogen-bond acceptors (Lipinski definition) is 3. The predicted molar refractivity (Wildman–Crippen MR) is 83.2 cm³/mol. The lowest BCUT2D eigenvalue weighted by molar-refractivity contribution is 0.562. The fourth-order valence-corrected chi connectivity index (χ4v) is 2.14. The maximum atomic E-state index is 6.27. The van der Waals surface area contributed by atoms with Crippen LogP contribution in [0.25, 0.3) is 0 Å².